The minimum atomic E-state index is -0.618. The maximum atomic E-state index is 12.5. The fourth-order valence-electron chi connectivity index (χ4n) is 3.47. The van der Waals surface area contributed by atoms with Gasteiger partial charge in [-0.05, 0) is 32.3 Å². The first-order chi connectivity index (χ1) is 14.3. The molecular formula is C22H23N3O4S. The summed E-state index contributed by atoms with van der Waals surface area (Å²) in [4.78, 5) is 32.6. The van der Waals surface area contributed by atoms with Crippen molar-refractivity contribution in [2.24, 2.45) is 0 Å². The van der Waals surface area contributed by atoms with E-state index in [-0.39, 0.29) is 0 Å². The summed E-state index contributed by atoms with van der Waals surface area (Å²) in [6, 6.07) is 9.96. The number of anilines is 3. The van der Waals surface area contributed by atoms with E-state index in [0.717, 1.165) is 39.9 Å². The Labute approximate surface area is 179 Å². The standard InChI is InChI=1S/C22H23N3O4S/c1-23(2)11-12-25-14-7-5-6-8-16(14)30-17-13-15-20(24(3)4)22(21(17)25)29-19(27)10-9-18(26)28-15/h5-10,13H,11-12H2,1-4H3/b10-9-. The Hall–Kier alpha value is -2.97. The molecule has 2 aliphatic rings. The summed E-state index contributed by atoms with van der Waals surface area (Å²) in [5, 5.41) is 0. The van der Waals surface area contributed by atoms with Crippen LogP contribution in [0.2, 0.25) is 0 Å². The zero-order valence-electron chi connectivity index (χ0n) is 17.3. The molecular weight excluding hydrogens is 402 g/mol. The van der Waals surface area contributed by atoms with Gasteiger partial charge < -0.3 is 24.2 Å². The van der Waals surface area contributed by atoms with Crippen molar-refractivity contribution in [2.75, 3.05) is 51.1 Å². The largest absolute Gasteiger partial charge is 0.421 e. The minimum Gasteiger partial charge on any atom is -0.421 e. The minimum absolute atomic E-state index is 0.359. The molecule has 2 aromatic rings. The van der Waals surface area contributed by atoms with Crippen LogP contribution in [0.15, 0.2) is 52.3 Å². The number of rotatable bonds is 4. The van der Waals surface area contributed by atoms with E-state index in [1.807, 2.05) is 46.4 Å². The van der Waals surface area contributed by atoms with E-state index in [4.69, 9.17) is 9.47 Å². The SMILES string of the molecule is CN(C)CCN1c2ccccc2Sc2cc3c(N(C)C)c(c21)OC(=O)/C=C\C(=O)O3. The Morgan fingerprint density at radius 3 is 2.37 bits per heavy atom. The normalized spacial score (nSPS) is 16.0. The zero-order chi connectivity index (χ0) is 21.4. The highest BCUT2D eigenvalue weighted by molar-refractivity contribution is 7.99. The van der Waals surface area contributed by atoms with Crippen LogP contribution >= 0.6 is 11.8 Å². The van der Waals surface area contributed by atoms with Crippen molar-refractivity contribution < 1.29 is 19.1 Å². The third-order valence-corrected chi connectivity index (χ3v) is 5.89. The van der Waals surface area contributed by atoms with E-state index < -0.39 is 11.9 Å². The third kappa shape index (κ3) is 3.76. The molecule has 2 aromatic carbocycles. The van der Waals surface area contributed by atoms with Gasteiger partial charge in [0.1, 0.15) is 11.4 Å². The van der Waals surface area contributed by atoms with E-state index in [2.05, 4.69) is 21.9 Å². The Morgan fingerprint density at radius 2 is 1.67 bits per heavy atom. The van der Waals surface area contributed by atoms with Crippen LogP contribution in [-0.4, -0.2) is 58.1 Å². The molecule has 0 N–H and O–H groups in total. The molecule has 30 heavy (non-hydrogen) atoms. The maximum absolute atomic E-state index is 12.5. The number of carbonyl (C=O) groups excluding carboxylic acids is 2. The van der Waals surface area contributed by atoms with Crippen molar-refractivity contribution in [1.29, 1.82) is 0 Å². The Balaban J connectivity index is 1.97. The molecule has 0 amide bonds. The van der Waals surface area contributed by atoms with Crippen molar-refractivity contribution in [1.82, 2.24) is 4.90 Å². The van der Waals surface area contributed by atoms with Gasteiger partial charge in [-0.3, -0.25) is 0 Å². The molecule has 0 aromatic heterocycles. The number of para-hydroxylation sites is 1. The highest BCUT2D eigenvalue weighted by atomic mass is 32.2. The number of benzene rings is 2. The number of carbonyl (C=O) groups is 2. The smallest absolute Gasteiger partial charge is 0.336 e. The molecule has 2 heterocycles. The molecule has 0 fully saturated rings. The average molecular weight is 426 g/mol. The number of esters is 2. The van der Waals surface area contributed by atoms with Crippen molar-refractivity contribution >= 4 is 40.8 Å². The van der Waals surface area contributed by atoms with E-state index in [0.29, 0.717) is 23.7 Å². The first-order valence-electron chi connectivity index (χ1n) is 9.54. The van der Waals surface area contributed by atoms with E-state index >= 15 is 0 Å². The monoisotopic (exact) mass is 425 g/mol. The van der Waals surface area contributed by atoms with E-state index in [1.165, 1.54) is 0 Å². The maximum Gasteiger partial charge on any atom is 0.336 e. The molecule has 7 nitrogen and oxygen atoms in total. The summed E-state index contributed by atoms with van der Waals surface area (Å²) in [5.74, 6) is -0.489. The van der Waals surface area contributed by atoms with Gasteiger partial charge in [-0.1, -0.05) is 23.9 Å². The van der Waals surface area contributed by atoms with Gasteiger partial charge in [0.2, 0.25) is 0 Å². The van der Waals surface area contributed by atoms with Gasteiger partial charge in [-0.15, -0.1) is 0 Å². The number of hydrogen-bond acceptors (Lipinski definition) is 8. The van der Waals surface area contributed by atoms with E-state index in [9.17, 15) is 9.59 Å². The molecule has 0 unspecified atom stereocenters. The molecule has 2 aliphatic heterocycles. The summed E-state index contributed by atoms with van der Waals surface area (Å²) < 4.78 is 11.4. The highest BCUT2D eigenvalue weighted by Gasteiger charge is 2.33. The van der Waals surface area contributed by atoms with E-state index in [1.54, 1.807) is 16.7 Å². The van der Waals surface area contributed by atoms with Gasteiger partial charge in [-0.2, -0.15) is 0 Å². The molecule has 0 spiro atoms. The van der Waals surface area contributed by atoms with Crippen molar-refractivity contribution in [3.63, 3.8) is 0 Å². The number of fused-ring (bicyclic) bond motifs is 5. The van der Waals surface area contributed by atoms with Gasteiger partial charge in [0, 0.05) is 49.1 Å². The highest BCUT2D eigenvalue weighted by Crippen LogP contribution is 2.57. The van der Waals surface area contributed by atoms with Gasteiger partial charge >= 0.3 is 11.9 Å². The Kier molecular flexibility index (Phi) is 5.44. The molecule has 8 heteroatoms. The molecule has 2 bridgehead atoms. The molecule has 0 atom stereocenters. The van der Waals surface area contributed by atoms with Crippen LogP contribution in [0.1, 0.15) is 0 Å². The number of hydrogen-bond donors (Lipinski definition) is 0. The van der Waals surface area contributed by atoms with Crippen LogP contribution in [0, 0.1) is 0 Å². The van der Waals surface area contributed by atoms with Crippen LogP contribution in [-0.2, 0) is 9.59 Å². The van der Waals surface area contributed by atoms with Crippen LogP contribution in [0.25, 0.3) is 0 Å². The van der Waals surface area contributed by atoms with Crippen molar-refractivity contribution in [2.45, 2.75) is 9.79 Å². The Bertz CT molecular complexity index is 1050. The first kappa shape index (κ1) is 20.3. The predicted molar refractivity (Wildman–Crippen MR) is 117 cm³/mol. The second kappa shape index (κ2) is 8.04. The van der Waals surface area contributed by atoms with Gasteiger partial charge in [0.05, 0.1) is 5.69 Å². The van der Waals surface area contributed by atoms with Crippen LogP contribution in [0.5, 0.6) is 11.5 Å². The molecule has 4 rings (SSSR count). The lowest BCUT2D eigenvalue weighted by Crippen LogP contribution is -2.31. The average Bonchev–Trinajstić information content (AvgIpc) is 2.72. The molecule has 0 radical (unpaired) electrons. The lowest BCUT2D eigenvalue weighted by atomic mass is 10.1. The fourth-order valence-corrected chi connectivity index (χ4v) is 4.61. The van der Waals surface area contributed by atoms with Crippen LogP contribution in [0.4, 0.5) is 17.1 Å². The summed E-state index contributed by atoms with van der Waals surface area (Å²) in [6.45, 7) is 1.50. The van der Waals surface area contributed by atoms with Crippen molar-refractivity contribution in [3.05, 3.63) is 42.5 Å². The van der Waals surface area contributed by atoms with Gasteiger partial charge in [0.15, 0.2) is 11.5 Å². The lowest BCUT2D eigenvalue weighted by molar-refractivity contribution is -0.131. The third-order valence-electron chi connectivity index (χ3n) is 4.79. The summed E-state index contributed by atoms with van der Waals surface area (Å²) in [5.41, 5.74) is 2.40. The molecule has 156 valence electrons. The van der Waals surface area contributed by atoms with Crippen LogP contribution < -0.4 is 19.3 Å². The first-order valence-corrected chi connectivity index (χ1v) is 10.4. The topological polar surface area (TPSA) is 62.3 Å². The number of nitrogens with zero attached hydrogens (tertiary/aromatic N) is 3. The predicted octanol–water partition coefficient (Wildman–Crippen LogP) is 3.30. The molecule has 0 saturated heterocycles. The summed E-state index contributed by atoms with van der Waals surface area (Å²) in [7, 11) is 7.70. The summed E-state index contributed by atoms with van der Waals surface area (Å²) >= 11 is 1.57. The second-order valence-corrected chi connectivity index (χ2v) is 8.58. The fraction of sp³-hybridized carbons (Fsp3) is 0.273. The summed E-state index contributed by atoms with van der Waals surface area (Å²) in [6.07, 6.45) is 2.18. The van der Waals surface area contributed by atoms with Gasteiger partial charge in [0.25, 0.3) is 0 Å². The second-order valence-electron chi connectivity index (χ2n) is 7.49. The Morgan fingerprint density at radius 1 is 0.967 bits per heavy atom. The van der Waals surface area contributed by atoms with Crippen molar-refractivity contribution in [3.8, 4) is 11.5 Å². The molecule has 0 saturated carbocycles. The number of ether oxygens (including phenoxy) is 2. The lowest BCUT2D eigenvalue weighted by Gasteiger charge is -2.36. The van der Waals surface area contributed by atoms with Gasteiger partial charge in [-0.25, -0.2) is 9.59 Å². The zero-order valence-corrected chi connectivity index (χ0v) is 18.2. The number of likely N-dealkylation sites (N-methyl/N-ethyl adjacent to an activating group) is 1. The molecule has 0 aliphatic carbocycles. The van der Waals surface area contributed by atoms with Crippen LogP contribution in [0.3, 0.4) is 0 Å². The quantitative estimate of drug-likeness (QED) is 0.546.